The Kier molecular flexibility index (Phi) is 6.74. The average Bonchev–Trinajstić information content (AvgIpc) is 2.83. The van der Waals surface area contributed by atoms with Gasteiger partial charge in [0.25, 0.3) is 0 Å². The molecule has 12 heteroatoms. The highest BCUT2D eigenvalue weighted by atomic mass is 16.7. The number of phenolic OH excluding ortho intramolecular Hbond substituents is 1. The third kappa shape index (κ3) is 4.45. The highest BCUT2D eigenvalue weighted by molar-refractivity contribution is 6.29. The second-order valence-corrected chi connectivity index (χ2v) is 8.26. The Morgan fingerprint density at radius 1 is 0.971 bits per heavy atom. The molecule has 4 rings (SSSR count). The summed E-state index contributed by atoms with van der Waals surface area (Å²) in [5, 5.41) is 52.1. The Bertz CT molecular complexity index is 1180. The van der Waals surface area contributed by atoms with E-state index in [1.165, 1.54) is 24.3 Å². The van der Waals surface area contributed by atoms with E-state index in [2.05, 4.69) is 4.99 Å². The van der Waals surface area contributed by atoms with Crippen LogP contribution in [0.5, 0.6) is 11.5 Å². The first-order valence-corrected chi connectivity index (χ1v) is 10.8. The SMILES string of the molecule is NC(N)=NCC[C@H](O)[C@@H]1O[C@H](Oc2ccc3c(c2O)C(=O)c2ccccc2C3=O)[C@@H](O)[C@H](O)[C@H]1O. The fourth-order valence-electron chi connectivity index (χ4n) is 4.15. The van der Waals surface area contributed by atoms with Gasteiger partial charge in [0.15, 0.2) is 29.0 Å². The fourth-order valence-corrected chi connectivity index (χ4v) is 4.15. The summed E-state index contributed by atoms with van der Waals surface area (Å²) in [4.78, 5) is 29.5. The molecule has 0 saturated carbocycles. The van der Waals surface area contributed by atoms with Crippen molar-refractivity contribution in [1.82, 2.24) is 0 Å². The van der Waals surface area contributed by atoms with Crippen LogP contribution in [0.25, 0.3) is 0 Å². The van der Waals surface area contributed by atoms with Gasteiger partial charge in [-0.3, -0.25) is 14.6 Å². The Labute approximate surface area is 199 Å². The number of hydrogen-bond acceptors (Lipinski definition) is 10. The molecule has 1 fully saturated rings. The second kappa shape index (κ2) is 9.60. The minimum Gasteiger partial charge on any atom is -0.504 e. The molecular formula is C23H25N3O9. The largest absolute Gasteiger partial charge is 0.504 e. The molecule has 0 bridgehead atoms. The number of nitrogens with two attached hydrogens (primary N) is 2. The molecule has 1 aliphatic heterocycles. The minimum absolute atomic E-state index is 0.00345. The lowest BCUT2D eigenvalue weighted by atomic mass is 9.83. The molecule has 2 aromatic rings. The van der Waals surface area contributed by atoms with Gasteiger partial charge in [-0.25, -0.2) is 0 Å². The summed E-state index contributed by atoms with van der Waals surface area (Å²) in [5.74, 6) is -2.21. The van der Waals surface area contributed by atoms with E-state index in [0.29, 0.717) is 0 Å². The van der Waals surface area contributed by atoms with Gasteiger partial charge in [0.05, 0.1) is 11.7 Å². The number of phenols is 1. The monoisotopic (exact) mass is 487 g/mol. The molecule has 0 radical (unpaired) electrons. The lowest BCUT2D eigenvalue weighted by molar-refractivity contribution is -0.288. The molecule has 186 valence electrons. The van der Waals surface area contributed by atoms with Gasteiger partial charge in [-0.1, -0.05) is 24.3 Å². The molecule has 2 aromatic carbocycles. The zero-order chi connectivity index (χ0) is 25.4. The molecule has 0 spiro atoms. The maximum atomic E-state index is 13.0. The van der Waals surface area contributed by atoms with Crippen LogP contribution in [0.15, 0.2) is 41.4 Å². The number of aliphatic hydroxyl groups excluding tert-OH is 4. The van der Waals surface area contributed by atoms with Crippen molar-refractivity contribution in [2.24, 2.45) is 16.5 Å². The first kappa shape index (κ1) is 24.6. The maximum absolute atomic E-state index is 13.0. The van der Waals surface area contributed by atoms with Crippen LogP contribution in [0.1, 0.15) is 38.3 Å². The van der Waals surface area contributed by atoms with Crippen LogP contribution in [-0.4, -0.2) is 86.4 Å². The molecule has 9 N–H and O–H groups in total. The summed E-state index contributed by atoms with van der Waals surface area (Å²) >= 11 is 0. The lowest BCUT2D eigenvalue weighted by Crippen LogP contribution is -2.62. The normalized spacial score (nSPS) is 26.5. The van der Waals surface area contributed by atoms with Gasteiger partial charge in [0, 0.05) is 23.2 Å². The van der Waals surface area contributed by atoms with Crippen molar-refractivity contribution < 1.29 is 44.6 Å². The first-order valence-electron chi connectivity index (χ1n) is 10.8. The van der Waals surface area contributed by atoms with Crippen LogP contribution in [0, 0.1) is 0 Å². The standard InChI is InChI=1S/C23H25N3O9/c24-23(25)26-8-7-12(27)21-19(32)18(31)20(33)22(35-21)34-13-6-5-11-14(17(13)30)16(29)10-4-2-1-3-9(10)15(11)28/h1-6,12,18-22,27,30-33H,7-8H2,(H4,24,25,26)/t12-,18+,19+,20-,21-,22-/m0/s1. The number of guanidine groups is 1. The predicted octanol–water partition coefficient (Wildman–Crippen LogP) is -1.62. The number of aliphatic hydroxyl groups is 4. The predicted molar refractivity (Wildman–Crippen MR) is 120 cm³/mol. The Balaban J connectivity index is 1.59. The number of rotatable bonds is 6. The number of hydrogen-bond donors (Lipinski definition) is 7. The maximum Gasteiger partial charge on any atom is 0.229 e. The number of ketones is 2. The highest BCUT2D eigenvalue weighted by Crippen LogP contribution is 2.40. The van der Waals surface area contributed by atoms with Gasteiger partial charge in [0.2, 0.25) is 6.29 Å². The number of aliphatic imine (C=N–C) groups is 1. The van der Waals surface area contributed by atoms with Crippen LogP contribution >= 0.6 is 0 Å². The first-order chi connectivity index (χ1) is 16.6. The summed E-state index contributed by atoms with van der Waals surface area (Å²) in [6, 6.07) is 8.69. The van der Waals surface area contributed by atoms with Gasteiger partial charge in [0.1, 0.15) is 24.4 Å². The second-order valence-electron chi connectivity index (χ2n) is 8.26. The van der Waals surface area contributed by atoms with Crippen molar-refractivity contribution in [3.05, 3.63) is 58.7 Å². The number of aromatic hydroxyl groups is 1. The number of nitrogens with zero attached hydrogens (tertiary/aromatic N) is 1. The smallest absolute Gasteiger partial charge is 0.229 e. The van der Waals surface area contributed by atoms with E-state index >= 15 is 0 Å². The average molecular weight is 487 g/mol. The highest BCUT2D eigenvalue weighted by Gasteiger charge is 2.47. The van der Waals surface area contributed by atoms with E-state index in [0.717, 1.165) is 0 Å². The Morgan fingerprint density at radius 2 is 1.63 bits per heavy atom. The van der Waals surface area contributed by atoms with Crippen LogP contribution in [-0.2, 0) is 4.74 Å². The number of carbonyl (C=O) groups excluding carboxylic acids is 2. The van der Waals surface area contributed by atoms with Crippen LogP contribution in [0.2, 0.25) is 0 Å². The third-order valence-electron chi connectivity index (χ3n) is 5.98. The van der Waals surface area contributed by atoms with Crippen LogP contribution < -0.4 is 16.2 Å². The summed E-state index contributed by atoms with van der Waals surface area (Å²) < 4.78 is 11.0. The molecule has 2 aliphatic rings. The van der Waals surface area contributed by atoms with Crippen molar-refractivity contribution in [2.75, 3.05) is 6.54 Å². The van der Waals surface area contributed by atoms with Crippen molar-refractivity contribution >= 4 is 17.5 Å². The van der Waals surface area contributed by atoms with Gasteiger partial charge in [-0.05, 0) is 18.6 Å². The summed E-state index contributed by atoms with van der Waals surface area (Å²) in [6.45, 7) is 0.00345. The summed E-state index contributed by atoms with van der Waals surface area (Å²) in [7, 11) is 0. The van der Waals surface area contributed by atoms with E-state index < -0.39 is 54.1 Å². The topological polar surface area (TPSA) is 218 Å². The van der Waals surface area contributed by atoms with E-state index in [1.807, 2.05) is 0 Å². The fraction of sp³-hybridized carbons (Fsp3) is 0.348. The van der Waals surface area contributed by atoms with E-state index in [4.69, 9.17) is 20.9 Å². The van der Waals surface area contributed by atoms with E-state index in [1.54, 1.807) is 12.1 Å². The minimum atomic E-state index is -1.78. The van der Waals surface area contributed by atoms with E-state index in [-0.39, 0.29) is 46.9 Å². The van der Waals surface area contributed by atoms with Gasteiger partial charge in [-0.2, -0.15) is 0 Å². The number of benzene rings is 2. The number of ether oxygens (including phenoxy) is 2. The lowest BCUT2D eigenvalue weighted by Gasteiger charge is -2.42. The summed E-state index contributed by atoms with van der Waals surface area (Å²) in [5.41, 5.74) is 10.5. The Hall–Kier alpha value is -3.55. The molecule has 0 amide bonds. The molecule has 1 saturated heterocycles. The zero-order valence-electron chi connectivity index (χ0n) is 18.3. The number of carbonyl (C=O) groups is 2. The zero-order valence-corrected chi connectivity index (χ0v) is 18.3. The van der Waals surface area contributed by atoms with Crippen molar-refractivity contribution in [3.8, 4) is 11.5 Å². The molecule has 0 unspecified atom stereocenters. The van der Waals surface area contributed by atoms with Crippen molar-refractivity contribution in [2.45, 2.75) is 43.2 Å². The van der Waals surface area contributed by atoms with E-state index in [9.17, 15) is 35.1 Å². The van der Waals surface area contributed by atoms with Crippen LogP contribution in [0.3, 0.4) is 0 Å². The molecule has 1 aliphatic carbocycles. The number of fused-ring (bicyclic) bond motifs is 2. The molecule has 12 nitrogen and oxygen atoms in total. The summed E-state index contributed by atoms with van der Waals surface area (Å²) in [6.07, 6.45) is -9.67. The molecular weight excluding hydrogens is 462 g/mol. The molecule has 1 heterocycles. The van der Waals surface area contributed by atoms with Gasteiger partial charge in [-0.15, -0.1) is 0 Å². The van der Waals surface area contributed by atoms with Crippen LogP contribution in [0.4, 0.5) is 0 Å². The van der Waals surface area contributed by atoms with Gasteiger partial charge < -0.3 is 46.5 Å². The van der Waals surface area contributed by atoms with Gasteiger partial charge >= 0.3 is 0 Å². The molecule has 6 atom stereocenters. The molecule has 0 aromatic heterocycles. The quantitative estimate of drug-likeness (QED) is 0.155. The van der Waals surface area contributed by atoms with Crippen molar-refractivity contribution in [3.63, 3.8) is 0 Å². The third-order valence-corrected chi connectivity index (χ3v) is 5.98. The Morgan fingerprint density at radius 3 is 2.29 bits per heavy atom. The molecule has 35 heavy (non-hydrogen) atoms. The van der Waals surface area contributed by atoms with Crippen molar-refractivity contribution in [1.29, 1.82) is 0 Å².